The zero-order chi connectivity index (χ0) is 14.5. The van der Waals surface area contributed by atoms with Crippen LogP contribution in [0.3, 0.4) is 0 Å². The number of halogens is 2. The monoisotopic (exact) mass is 444 g/mol. The van der Waals surface area contributed by atoms with Gasteiger partial charge in [-0.3, -0.25) is 0 Å². The van der Waals surface area contributed by atoms with Crippen LogP contribution in [-0.4, -0.2) is 13.7 Å². The molecule has 0 N–H and O–H groups in total. The second-order valence-electron chi connectivity index (χ2n) is 4.83. The first kappa shape index (κ1) is 16.0. The lowest BCUT2D eigenvalue weighted by molar-refractivity contribution is 0.202. The van der Waals surface area contributed by atoms with Gasteiger partial charge in [-0.2, -0.15) is 0 Å². The summed E-state index contributed by atoms with van der Waals surface area (Å²) in [6, 6.07) is 15.2. The molecule has 20 heavy (non-hydrogen) atoms. The highest BCUT2D eigenvalue weighted by Gasteiger charge is 2.14. The standard InChI is InChI=1S/C17H18BrIO/c1-12-4-3-5-15(17(12)19)16(18)14-8-6-13(7-9-14)10-11-20-2/h3-9,16H,10-11H2,1-2H3. The fraction of sp³-hybridized carbons (Fsp3) is 0.294. The molecule has 106 valence electrons. The number of ether oxygens (including phenoxy) is 1. The molecule has 0 aliphatic heterocycles. The van der Waals surface area contributed by atoms with Gasteiger partial charge in [-0.1, -0.05) is 58.4 Å². The lowest BCUT2D eigenvalue weighted by atomic mass is 10.0. The molecule has 0 heterocycles. The van der Waals surface area contributed by atoms with E-state index in [4.69, 9.17) is 4.74 Å². The van der Waals surface area contributed by atoms with E-state index in [0.29, 0.717) is 0 Å². The van der Waals surface area contributed by atoms with Gasteiger partial charge in [-0.05, 0) is 58.2 Å². The molecule has 1 atom stereocenters. The van der Waals surface area contributed by atoms with Crippen molar-refractivity contribution in [3.05, 3.63) is 68.3 Å². The molecule has 2 rings (SSSR count). The third-order valence-electron chi connectivity index (χ3n) is 3.36. The number of rotatable bonds is 5. The average molecular weight is 445 g/mol. The fourth-order valence-electron chi connectivity index (χ4n) is 2.12. The average Bonchev–Trinajstić information content (AvgIpc) is 2.48. The van der Waals surface area contributed by atoms with Crippen molar-refractivity contribution in [1.29, 1.82) is 0 Å². The highest BCUT2D eigenvalue weighted by molar-refractivity contribution is 14.1. The van der Waals surface area contributed by atoms with E-state index in [1.165, 1.54) is 25.8 Å². The van der Waals surface area contributed by atoms with Gasteiger partial charge in [-0.25, -0.2) is 0 Å². The summed E-state index contributed by atoms with van der Waals surface area (Å²) >= 11 is 6.25. The van der Waals surface area contributed by atoms with E-state index in [1.807, 2.05) is 0 Å². The van der Waals surface area contributed by atoms with Gasteiger partial charge in [0.05, 0.1) is 11.4 Å². The maximum Gasteiger partial charge on any atom is 0.0655 e. The molecule has 0 amide bonds. The number of hydrogen-bond donors (Lipinski definition) is 0. The first-order valence-electron chi connectivity index (χ1n) is 6.60. The lowest BCUT2D eigenvalue weighted by Gasteiger charge is -2.14. The van der Waals surface area contributed by atoms with E-state index in [-0.39, 0.29) is 4.83 Å². The van der Waals surface area contributed by atoms with Gasteiger partial charge in [0.15, 0.2) is 0 Å². The molecule has 0 bridgehead atoms. The molecule has 2 aromatic carbocycles. The van der Waals surface area contributed by atoms with Gasteiger partial charge < -0.3 is 4.74 Å². The summed E-state index contributed by atoms with van der Waals surface area (Å²) in [5.41, 5.74) is 5.25. The van der Waals surface area contributed by atoms with Crippen molar-refractivity contribution in [2.45, 2.75) is 18.2 Å². The van der Waals surface area contributed by atoms with Gasteiger partial charge in [0.1, 0.15) is 0 Å². The van der Waals surface area contributed by atoms with Crippen LogP contribution in [-0.2, 0) is 11.2 Å². The van der Waals surface area contributed by atoms with E-state index < -0.39 is 0 Å². The summed E-state index contributed by atoms with van der Waals surface area (Å²) < 4.78 is 6.44. The van der Waals surface area contributed by atoms with Crippen LogP contribution in [0, 0.1) is 10.5 Å². The Morgan fingerprint density at radius 3 is 2.50 bits per heavy atom. The Morgan fingerprint density at radius 1 is 1.15 bits per heavy atom. The van der Waals surface area contributed by atoms with Crippen LogP contribution < -0.4 is 0 Å². The van der Waals surface area contributed by atoms with Crippen molar-refractivity contribution in [2.24, 2.45) is 0 Å². The van der Waals surface area contributed by atoms with E-state index in [2.05, 4.69) is 87.9 Å². The Kier molecular flexibility index (Phi) is 6.05. The third kappa shape index (κ3) is 3.83. The van der Waals surface area contributed by atoms with Gasteiger partial charge in [0, 0.05) is 10.7 Å². The summed E-state index contributed by atoms with van der Waals surface area (Å²) in [5, 5.41) is 0. The molecular weight excluding hydrogens is 427 g/mol. The summed E-state index contributed by atoms with van der Waals surface area (Å²) in [6.07, 6.45) is 0.964. The number of alkyl halides is 1. The molecule has 0 saturated heterocycles. The van der Waals surface area contributed by atoms with Crippen molar-refractivity contribution < 1.29 is 4.74 Å². The second-order valence-corrected chi connectivity index (χ2v) is 6.82. The Hall–Kier alpha value is -0.390. The van der Waals surface area contributed by atoms with Crippen molar-refractivity contribution in [3.63, 3.8) is 0 Å². The summed E-state index contributed by atoms with van der Waals surface area (Å²) in [5.74, 6) is 0. The van der Waals surface area contributed by atoms with Crippen molar-refractivity contribution in [3.8, 4) is 0 Å². The Labute approximate surface area is 143 Å². The first-order valence-corrected chi connectivity index (χ1v) is 8.59. The van der Waals surface area contributed by atoms with E-state index >= 15 is 0 Å². The van der Waals surface area contributed by atoms with Crippen molar-refractivity contribution >= 4 is 38.5 Å². The van der Waals surface area contributed by atoms with Gasteiger partial charge >= 0.3 is 0 Å². The van der Waals surface area contributed by atoms with Crippen LogP contribution in [0.5, 0.6) is 0 Å². The number of hydrogen-bond acceptors (Lipinski definition) is 1. The molecule has 0 fully saturated rings. The van der Waals surface area contributed by atoms with E-state index in [0.717, 1.165) is 13.0 Å². The molecule has 1 nitrogen and oxygen atoms in total. The van der Waals surface area contributed by atoms with Crippen molar-refractivity contribution in [1.82, 2.24) is 0 Å². The van der Waals surface area contributed by atoms with E-state index in [1.54, 1.807) is 7.11 Å². The van der Waals surface area contributed by atoms with Gasteiger partial charge in [0.25, 0.3) is 0 Å². The van der Waals surface area contributed by atoms with Crippen LogP contribution >= 0.6 is 38.5 Å². The molecular formula is C17H18BrIO. The highest BCUT2D eigenvalue weighted by Crippen LogP contribution is 2.34. The summed E-state index contributed by atoms with van der Waals surface area (Å²) in [6.45, 7) is 2.92. The molecule has 0 aliphatic carbocycles. The van der Waals surface area contributed by atoms with Crippen LogP contribution in [0.1, 0.15) is 27.1 Å². The molecule has 0 aliphatic rings. The number of aryl methyl sites for hydroxylation is 1. The predicted octanol–water partition coefficient (Wildman–Crippen LogP) is 5.27. The maximum atomic E-state index is 5.11. The minimum atomic E-state index is 0.241. The molecule has 3 heteroatoms. The zero-order valence-electron chi connectivity index (χ0n) is 11.7. The van der Waals surface area contributed by atoms with Crippen LogP contribution in [0.2, 0.25) is 0 Å². The molecule has 2 aromatic rings. The highest BCUT2D eigenvalue weighted by atomic mass is 127. The topological polar surface area (TPSA) is 9.23 Å². The van der Waals surface area contributed by atoms with Crippen molar-refractivity contribution in [2.75, 3.05) is 13.7 Å². The van der Waals surface area contributed by atoms with Crippen LogP contribution in [0.4, 0.5) is 0 Å². The number of methoxy groups -OCH3 is 1. The SMILES string of the molecule is COCCc1ccc(C(Br)c2cccc(C)c2I)cc1. The largest absolute Gasteiger partial charge is 0.384 e. The number of benzene rings is 2. The normalized spacial score (nSPS) is 12.4. The minimum Gasteiger partial charge on any atom is -0.384 e. The summed E-state index contributed by atoms with van der Waals surface area (Å²) in [4.78, 5) is 0.241. The zero-order valence-corrected chi connectivity index (χ0v) is 15.4. The maximum absolute atomic E-state index is 5.11. The molecule has 0 spiro atoms. The minimum absolute atomic E-state index is 0.241. The molecule has 1 unspecified atom stereocenters. The summed E-state index contributed by atoms with van der Waals surface area (Å²) in [7, 11) is 1.74. The molecule has 0 radical (unpaired) electrons. The quantitative estimate of drug-likeness (QED) is 0.450. The fourth-order valence-corrected chi connectivity index (χ4v) is 3.90. The van der Waals surface area contributed by atoms with Gasteiger partial charge in [-0.15, -0.1) is 0 Å². The lowest BCUT2D eigenvalue weighted by Crippen LogP contribution is -1.99. The third-order valence-corrected chi connectivity index (χ3v) is 5.86. The predicted molar refractivity (Wildman–Crippen MR) is 96.7 cm³/mol. The Morgan fingerprint density at radius 2 is 1.85 bits per heavy atom. The van der Waals surface area contributed by atoms with E-state index in [9.17, 15) is 0 Å². The molecule has 0 saturated carbocycles. The smallest absolute Gasteiger partial charge is 0.0655 e. The first-order chi connectivity index (χ1) is 9.63. The van der Waals surface area contributed by atoms with Crippen LogP contribution in [0.25, 0.3) is 0 Å². The Balaban J connectivity index is 2.20. The second kappa shape index (κ2) is 7.57. The Bertz CT molecular complexity index is 566. The van der Waals surface area contributed by atoms with Gasteiger partial charge in [0.2, 0.25) is 0 Å². The molecule has 0 aromatic heterocycles. The van der Waals surface area contributed by atoms with Crippen LogP contribution in [0.15, 0.2) is 42.5 Å².